The van der Waals surface area contributed by atoms with E-state index in [1.807, 2.05) is 54.6 Å². The molecule has 0 spiro atoms. The molecule has 0 bridgehead atoms. The molecule has 0 fully saturated rings. The minimum Gasteiger partial charge on any atom is -0.479 e. The number of anilines is 1. The second-order valence-electron chi connectivity index (χ2n) is 8.96. The van der Waals surface area contributed by atoms with Gasteiger partial charge in [0.2, 0.25) is 5.91 Å². The molecule has 1 heterocycles. The zero-order valence-corrected chi connectivity index (χ0v) is 20.7. The summed E-state index contributed by atoms with van der Waals surface area (Å²) in [7, 11) is 0. The first-order valence-corrected chi connectivity index (χ1v) is 12.1. The van der Waals surface area contributed by atoms with Crippen LogP contribution in [0.15, 0.2) is 84.9 Å². The molecule has 194 valence electrons. The van der Waals surface area contributed by atoms with Gasteiger partial charge in [-0.3, -0.25) is 14.7 Å². The molecule has 4 rings (SSSR count). The summed E-state index contributed by atoms with van der Waals surface area (Å²) in [5.41, 5.74) is 4.97. The Labute approximate surface area is 219 Å². The molecule has 3 aromatic carbocycles. The number of nitrogens with zero attached hydrogens (tertiary/aromatic N) is 1. The van der Waals surface area contributed by atoms with Crippen LogP contribution >= 0.6 is 0 Å². The maximum atomic E-state index is 13.0. The number of rotatable bonds is 10. The van der Waals surface area contributed by atoms with Crippen molar-refractivity contribution in [2.45, 2.75) is 31.9 Å². The van der Waals surface area contributed by atoms with Crippen LogP contribution < -0.4 is 10.6 Å². The summed E-state index contributed by atoms with van der Waals surface area (Å²) in [6.07, 6.45) is -1.47. The third kappa shape index (κ3) is 6.92. The van der Waals surface area contributed by atoms with Gasteiger partial charge in [-0.15, -0.1) is 0 Å². The molecular formula is C29H28N4O5. The molecule has 1 unspecified atom stereocenters. The van der Waals surface area contributed by atoms with Crippen LogP contribution in [0.1, 0.15) is 29.4 Å². The Morgan fingerprint density at radius 1 is 0.895 bits per heavy atom. The predicted octanol–water partition coefficient (Wildman–Crippen LogP) is 3.88. The number of amides is 2. The Bertz CT molecular complexity index is 1420. The van der Waals surface area contributed by atoms with Gasteiger partial charge in [0.1, 0.15) is 5.69 Å². The minimum atomic E-state index is -1.63. The van der Waals surface area contributed by atoms with Crippen molar-refractivity contribution >= 4 is 23.5 Å². The third-order valence-corrected chi connectivity index (χ3v) is 5.97. The monoisotopic (exact) mass is 512 g/mol. The van der Waals surface area contributed by atoms with Gasteiger partial charge in [-0.05, 0) is 41.3 Å². The molecule has 5 N–H and O–H groups in total. The fourth-order valence-electron chi connectivity index (χ4n) is 4.12. The number of aliphatic carboxylic acids is 1. The molecule has 1 aromatic heterocycles. The molecule has 38 heavy (non-hydrogen) atoms. The van der Waals surface area contributed by atoms with Gasteiger partial charge in [0.05, 0.1) is 5.69 Å². The third-order valence-electron chi connectivity index (χ3n) is 5.97. The second-order valence-corrected chi connectivity index (χ2v) is 8.96. The van der Waals surface area contributed by atoms with E-state index < -0.39 is 24.0 Å². The second kappa shape index (κ2) is 12.0. The Morgan fingerprint density at radius 3 is 2.26 bits per heavy atom. The molecular weight excluding hydrogens is 484 g/mol. The van der Waals surface area contributed by atoms with Crippen molar-refractivity contribution in [2.75, 3.05) is 5.32 Å². The highest BCUT2D eigenvalue weighted by Gasteiger charge is 2.23. The fraction of sp³-hybridized carbons (Fsp3) is 0.172. The van der Waals surface area contributed by atoms with Crippen LogP contribution in [-0.4, -0.2) is 50.3 Å². The number of carbonyl (C=O) groups excluding carboxylic acids is 2. The van der Waals surface area contributed by atoms with E-state index in [2.05, 4.69) is 20.8 Å². The average molecular weight is 513 g/mol. The molecule has 0 aliphatic heterocycles. The Hall–Kier alpha value is -4.76. The van der Waals surface area contributed by atoms with Gasteiger partial charge in [0.25, 0.3) is 5.91 Å². The number of aromatic amines is 1. The van der Waals surface area contributed by atoms with Crippen LogP contribution in [0.3, 0.4) is 0 Å². The summed E-state index contributed by atoms with van der Waals surface area (Å²) in [6.45, 7) is 1.42. The van der Waals surface area contributed by atoms with E-state index in [4.69, 9.17) is 0 Å². The smallest absolute Gasteiger partial charge is 0.332 e. The normalized spacial score (nSPS) is 12.4. The van der Waals surface area contributed by atoms with Crippen molar-refractivity contribution in [3.05, 3.63) is 96.2 Å². The number of aliphatic hydroxyl groups excluding tert-OH is 1. The predicted molar refractivity (Wildman–Crippen MR) is 143 cm³/mol. The van der Waals surface area contributed by atoms with E-state index in [-0.39, 0.29) is 18.0 Å². The summed E-state index contributed by atoms with van der Waals surface area (Å²) in [5.74, 6) is -2.04. The SMILES string of the molecule is CC(=O)Nc1cccc(-c2cc(C(=O)NC(Cc3ccc(-c4ccccc4)cc3)C[C@@H](O)C(=O)O)[nH]n2)c1. The van der Waals surface area contributed by atoms with Gasteiger partial charge < -0.3 is 20.8 Å². The van der Waals surface area contributed by atoms with Gasteiger partial charge >= 0.3 is 5.97 Å². The van der Waals surface area contributed by atoms with Crippen LogP contribution in [0, 0.1) is 0 Å². The van der Waals surface area contributed by atoms with Gasteiger partial charge in [0.15, 0.2) is 6.10 Å². The topological polar surface area (TPSA) is 144 Å². The van der Waals surface area contributed by atoms with Crippen LogP contribution in [0.4, 0.5) is 5.69 Å². The maximum Gasteiger partial charge on any atom is 0.332 e. The van der Waals surface area contributed by atoms with Crippen molar-refractivity contribution in [1.82, 2.24) is 15.5 Å². The first-order chi connectivity index (χ1) is 18.3. The number of H-pyrrole nitrogens is 1. The summed E-state index contributed by atoms with van der Waals surface area (Å²) >= 11 is 0. The average Bonchev–Trinajstić information content (AvgIpc) is 3.40. The lowest BCUT2D eigenvalue weighted by Gasteiger charge is -2.20. The highest BCUT2D eigenvalue weighted by molar-refractivity contribution is 5.94. The summed E-state index contributed by atoms with van der Waals surface area (Å²) in [5, 5.41) is 31.6. The molecule has 0 radical (unpaired) electrons. The van der Waals surface area contributed by atoms with Crippen molar-refractivity contribution < 1.29 is 24.6 Å². The van der Waals surface area contributed by atoms with Crippen molar-refractivity contribution in [3.8, 4) is 22.4 Å². The summed E-state index contributed by atoms with van der Waals surface area (Å²) < 4.78 is 0. The number of carbonyl (C=O) groups is 3. The van der Waals surface area contributed by atoms with Gasteiger partial charge in [-0.1, -0.05) is 66.7 Å². The molecule has 9 nitrogen and oxygen atoms in total. The lowest BCUT2D eigenvalue weighted by atomic mass is 9.97. The largest absolute Gasteiger partial charge is 0.479 e. The number of aromatic nitrogens is 2. The quantitative estimate of drug-likeness (QED) is 0.218. The van der Waals surface area contributed by atoms with E-state index in [1.165, 1.54) is 6.92 Å². The zero-order valence-electron chi connectivity index (χ0n) is 20.7. The lowest BCUT2D eigenvalue weighted by Crippen LogP contribution is -2.40. The van der Waals surface area contributed by atoms with Crippen LogP contribution in [0.25, 0.3) is 22.4 Å². The number of hydrogen-bond donors (Lipinski definition) is 5. The Balaban J connectivity index is 1.48. The number of hydrogen-bond acceptors (Lipinski definition) is 5. The number of benzene rings is 3. The van der Waals surface area contributed by atoms with Gasteiger partial charge in [-0.25, -0.2) is 4.79 Å². The first kappa shape index (κ1) is 26.3. The summed E-state index contributed by atoms with van der Waals surface area (Å²) in [6, 6.07) is 25.6. The molecule has 0 saturated carbocycles. The van der Waals surface area contributed by atoms with E-state index in [9.17, 15) is 24.6 Å². The van der Waals surface area contributed by atoms with Gasteiger partial charge in [0, 0.05) is 30.6 Å². The van der Waals surface area contributed by atoms with Crippen molar-refractivity contribution in [3.63, 3.8) is 0 Å². The lowest BCUT2D eigenvalue weighted by molar-refractivity contribution is -0.147. The van der Waals surface area contributed by atoms with E-state index >= 15 is 0 Å². The number of aliphatic hydroxyl groups is 1. The van der Waals surface area contributed by atoms with Crippen molar-refractivity contribution in [1.29, 1.82) is 0 Å². The maximum absolute atomic E-state index is 13.0. The molecule has 2 atom stereocenters. The highest BCUT2D eigenvalue weighted by Crippen LogP contribution is 2.23. The minimum absolute atomic E-state index is 0.165. The number of carboxylic acids is 1. The van der Waals surface area contributed by atoms with E-state index in [0.29, 0.717) is 23.4 Å². The molecule has 2 amide bonds. The van der Waals surface area contributed by atoms with Crippen LogP contribution in [0.5, 0.6) is 0 Å². The molecule has 9 heteroatoms. The molecule has 0 aliphatic carbocycles. The molecule has 4 aromatic rings. The first-order valence-electron chi connectivity index (χ1n) is 12.1. The standard InChI is InChI=1S/C29H28N4O5/c1-18(34)30-23-9-5-8-22(15-23)25-17-26(33-32-25)28(36)31-24(16-27(35)29(37)38)14-19-10-12-21(13-11-19)20-6-3-2-4-7-20/h2-13,15,17,24,27,35H,14,16H2,1H3,(H,30,34)(H,31,36)(H,32,33)(H,37,38)/t24?,27-/m1/s1. The van der Waals surface area contributed by atoms with Gasteiger partial charge in [-0.2, -0.15) is 5.10 Å². The highest BCUT2D eigenvalue weighted by atomic mass is 16.4. The fourth-order valence-corrected chi connectivity index (χ4v) is 4.12. The number of carboxylic acid groups (broad SMARTS) is 1. The molecule has 0 aliphatic rings. The number of nitrogens with one attached hydrogen (secondary N) is 3. The van der Waals surface area contributed by atoms with E-state index in [0.717, 1.165) is 16.7 Å². The molecule has 0 saturated heterocycles. The Morgan fingerprint density at radius 2 is 1.58 bits per heavy atom. The Kier molecular flexibility index (Phi) is 8.30. The van der Waals surface area contributed by atoms with Crippen LogP contribution in [-0.2, 0) is 16.0 Å². The zero-order chi connectivity index (χ0) is 27.1. The van der Waals surface area contributed by atoms with Crippen molar-refractivity contribution in [2.24, 2.45) is 0 Å². The van der Waals surface area contributed by atoms with E-state index in [1.54, 1.807) is 30.3 Å². The van der Waals surface area contributed by atoms with Crippen LogP contribution in [0.2, 0.25) is 0 Å². The summed E-state index contributed by atoms with van der Waals surface area (Å²) in [4.78, 5) is 35.7.